The van der Waals surface area contributed by atoms with E-state index in [1.165, 1.54) is 11.8 Å². The lowest BCUT2D eigenvalue weighted by Crippen LogP contribution is -2.44. The SMILES string of the molecule is Cc1cc(C)c2sc(N(Cc3ccccc3)C(=O)C3CCN(C(=O)c4ccco4)CC3)nc2c1. The third-order valence-electron chi connectivity index (χ3n) is 6.35. The largest absolute Gasteiger partial charge is 0.459 e. The van der Waals surface area contributed by atoms with E-state index in [2.05, 4.69) is 26.0 Å². The van der Waals surface area contributed by atoms with Crippen molar-refractivity contribution in [3.8, 4) is 0 Å². The molecule has 1 aliphatic rings. The van der Waals surface area contributed by atoms with Crippen molar-refractivity contribution in [1.29, 1.82) is 0 Å². The summed E-state index contributed by atoms with van der Waals surface area (Å²) in [6, 6.07) is 17.6. The van der Waals surface area contributed by atoms with Crippen LogP contribution in [0.25, 0.3) is 10.2 Å². The van der Waals surface area contributed by atoms with Crippen LogP contribution in [-0.2, 0) is 11.3 Å². The normalized spacial score (nSPS) is 14.5. The number of aryl methyl sites for hydroxylation is 2. The maximum Gasteiger partial charge on any atom is 0.289 e. The molecule has 1 saturated heterocycles. The number of amides is 2. The van der Waals surface area contributed by atoms with Crippen molar-refractivity contribution >= 4 is 38.5 Å². The number of fused-ring (bicyclic) bond motifs is 1. The van der Waals surface area contributed by atoms with Gasteiger partial charge >= 0.3 is 0 Å². The molecule has 0 unspecified atom stereocenters. The van der Waals surface area contributed by atoms with Gasteiger partial charge in [0.1, 0.15) is 0 Å². The van der Waals surface area contributed by atoms with Gasteiger partial charge in [-0.3, -0.25) is 14.5 Å². The topological polar surface area (TPSA) is 66.7 Å². The van der Waals surface area contributed by atoms with E-state index in [-0.39, 0.29) is 17.7 Å². The Morgan fingerprint density at radius 1 is 1.09 bits per heavy atom. The number of furan rings is 1. The van der Waals surface area contributed by atoms with E-state index in [1.54, 1.807) is 28.4 Å². The number of benzene rings is 2. The molecular formula is C27H27N3O3S. The van der Waals surface area contributed by atoms with Gasteiger partial charge in [-0.15, -0.1) is 0 Å². The number of thiazole rings is 1. The number of nitrogens with zero attached hydrogens (tertiary/aromatic N) is 3. The van der Waals surface area contributed by atoms with E-state index in [0.717, 1.165) is 26.5 Å². The van der Waals surface area contributed by atoms with Gasteiger partial charge in [-0.2, -0.15) is 0 Å². The van der Waals surface area contributed by atoms with Crippen LogP contribution in [0.3, 0.4) is 0 Å². The molecule has 2 aromatic carbocycles. The highest BCUT2D eigenvalue weighted by Gasteiger charge is 2.33. The molecule has 0 radical (unpaired) electrons. The molecule has 4 aromatic rings. The van der Waals surface area contributed by atoms with E-state index >= 15 is 0 Å². The average molecular weight is 474 g/mol. The Hall–Kier alpha value is -3.45. The smallest absolute Gasteiger partial charge is 0.289 e. The van der Waals surface area contributed by atoms with Crippen LogP contribution < -0.4 is 4.90 Å². The first kappa shape index (κ1) is 22.3. The Labute approximate surface area is 202 Å². The first-order valence-corrected chi connectivity index (χ1v) is 12.4. The van der Waals surface area contributed by atoms with Gasteiger partial charge in [0.15, 0.2) is 10.9 Å². The molecule has 7 heteroatoms. The Morgan fingerprint density at radius 2 is 1.85 bits per heavy atom. The standard InChI is InChI=1S/C27H27N3O3S/c1-18-15-19(2)24-22(16-18)28-27(34-24)30(17-20-7-4-3-5-8-20)25(31)21-10-12-29(13-11-21)26(32)23-9-6-14-33-23/h3-9,14-16,21H,10-13,17H2,1-2H3. The van der Waals surface area contributed by atoms with E-state index in [0.29, 0.717) is 38.2 Å². The molecule has 0 saturated carbocycles. The zero-order valence-corrected chi connectivity index (χ0v) is 20.2. The van der Waals surface area contributed by atoms with Crippen molar-refractivity contribution in [3.63, 3.8) is 0 Å². The zero-order valence-electron chi connectivity index (χ0n) is 19.4. The highest BCUT2D eigenvalue weighted by atomic mass is 32.1. The van der Waals surface area contributed by atoms with E-state index in [4.69, 9.17) is 9.40 Å². The number of anilines is 1. The molecule has 1 fully saturated rings. The molecule has 34 heavy (non-hydrogen) atoms. The zero-order chi connectivity index (χ0) is 23.7. The van der Waals surface area contributed by atoms with Crippen LogP contribution in [0.1, 0.15) is 40.1 Å². The third kappa shape index (κ3) is 4.48. The van der Waals surface area contributed by atoms with E-state index in [9.17, 15) is 9.59 Å². The molecule has 0 aliphatic carbocycles. The molecule has 3 heterocycles. The van der Waals surface area contributed by atoms with Gasteiger partial charge in [-0.05, 0) is 61.6 Å². The number of carbonyl (C=O) groups excluding carboxylic acids is 2. The Kier molecular flexibility index (Phi) is 6.20. The second kappa shape index (κ2) is 9.43. The molecule has 174 valence electrons. The summed E-state index contributed by atoms with van der Waals surface area (Å²) >= 11 is 1.57. The molecule has 0 bridgehead atoms. The number of hydrogen-bond acceptors (Lipinski definition) is 5. The third-order valence-corrected chi connectivity index (χ3v) is 7.58. The Morgan fingerprint density at radius 3 is 2.56 bits per heavy atom. The van der Waals surface area contributed by atoms with Crippen molar-refractivity contribution in [2.24, 2.45) is 5.92 Å². The number of likely N-dealkylation sites (tertiary alicyclic amines) is 1. The van der Waals surface area contributed by atoms with Crippen LogP contribution in [0.15, 0.2) is 65.3 Å². The first-order chi connectivity index (χ1) is 16.5. The predicted molar refractivity (Wildman–Crippen MR) is 134 cm³/mol. The molecule has 0 spiro atoms. The maximum absolute atomic E-state index is 13.8. The number of aromatic nitrogens is 1. The Balaban J connectivity index is 1.39. The van der Waals surface area contributed by atoms with Gasteiger partial charge in [0, 0.05) is 19.0 Å². The minimum atomic E-state index is -0.154. The van der Waals surface area contributed by atoms with Crippen LogP contribution in [0.4, 0.5) is 5.13 Å². The fourth-order valence-corrected chi connectivity index (χ4v) is 5.61. The first-order valence-electron chi connectivity index (χ1n) is 11.6. The lowest BCUT2D eigenvalue weighted by Gasteiger charge is -2.33. The summed E-state index contributed by atoms with van der Waals surface area (Å²) in [5.74, 6) is 0.145. The molecule has 0 atom stereocenters. The highest BCUT2D eigenvalue weighted by molar-refractivity contribution is 7.22. The molecule has 0 N–H and O–H groups in total. The quantitative estimate of drug-likeness (QED) is 0.379. The van der Waals surface area contributed by atoms with Crippen LogP contribution >= 0.6 is 11.3 Å². The van der Waals surface area contributed by atoms with Crippen molar-refractivity contribution in [2.45, 2.75) is 33.2 Å². The van der Waals surface area contributed by atoms with Crippen molar-refractivity contribution in [3.05, 3.63) is 83.3 Å². The van der Waals surface area contributed by atoms with Crippen molar-refractivity contribution in [2.75, 3.05) is 18.0 Å². The van der Waals surface area contributed by atoms with Gasteiger partial charge < -0.3 is 9.32 Å². The molecule has 6 nitrogen and oxygen atoms in total. The number of piperidine rings is 1. The van der Waals surface area contributed by atoms with Gasteiger partial charge in [0.2, 0.25) is 5.91 Å². The predicted octanol–water partition coefficient (Wildman–Crippen LogP) is 5.59. The second-order valence-corrected chi connectivity index (χ2v) is 9.86. The number of rotatable bonds is 5. The average Bonchev–Trinajstić information content (AvgIpc) is 3.53. The summed E-state index contributed by atoms with van der Waals surface area (Å²) in [5, 5.41) is 0.728. The van der Waals surface area contributed by atoms with E-state index in [1.807, 2.05) is 35.2 Å². The summed E-state index contributed by atoms with van der Waals surface area (Å²) in [7, 11) is 0. The lowest BCUT2D eigenvalue weighted by atomic mass is 9.95. The Bertz CT molecular complexity index is 1310. The van der Waals surface area contributed by atoms with Gasteiger partial charge in [-0.1, -0.05) is 47.7 Å². The summed E-state index contributed by atoms with van der Waals surface area (Å²) in [6.45, 7) is 5.70. The highest BCUT2D eigenvalue weighted by Crippen LogP contribution is 2.34. The molecule has 2 aromatic heterocycles. The van der Waals surface area contributed by atoms with Crippen molar-refractivity contribution in [1.82, 2.24) is 9.88 Å². The second-order valence-electron chi connectivity index (χ2n) is 8.88. The van der Waals surface area contributed by atoms with E-state index < -0.39 is 0 Å². The monoisotopic (exact) mass is 473 g/mol. The van der Waals surface area contributed by atoms with Crippen LogP contribution in [0.5, 0.6) is 0 Å². The number of carbonyl (C=O) groups is 2. The summed E-state index contributed by atoms with van der Waals surface area (Å²) in [4.78, 5) is 34.9. The van der Waals surface area contributed by atoms with Gasteiger partial charge in [0.05, 0.1) is 23.0 Å². The fraction of sp³-hybridized carbons (Fsp3) is 0.296. The van der Waals surface area contributed by atoms with Crippen LogP contribution in [-0.4, -0.2) is 34.8 Å². The minimum absolute atomic E-state index is 0.0716. The lowest BCUT2D eigenvalue weighted by molar-refractivity contribution is -0.123. The molecule has 2 amide bonds. The van der Waals surface area contributed by atoms with Crippen molar-refractivity contribution < 1.29 is 14.0 Å². The van der Waals surface area contributed by atoms with Gasteiger partial charge in [0.25, 0.3) is 5.91 Å². The summed E-state index contributed by atoms with van der Waals surface area (Å²) < 4.78 is 6.37. The van der Waals surface area contributed by atoms with Crippen LogP contribution in [0.2, 0.25) is 0 Å². The summed E-state index contributed by atoms with van der Waals surface area (Å²) in [6.07, 6.45) is 2.76. The molecule has 1 aliphatic heterocycles. The summed E-state index contributed by atoms with van der Waals surface area (Å²) in [5.41, 5.74) is 4.34. The fourth-order valence-electron chi connectivity index (χ4n) is 4.59. The molecule has 5 rings (SSSR count). The maximum atomic E-state index is 13.8. The molecular weight excluding hydrogens is 446 g/mol. The minimum Gasteiger partial charge on any atom is -0.459 e. The van der Waals surface area contributed by atoms with Gasteiger partial charge in [-0.25, -0.2) is 4.98 Å². The number of hydrogen-bond donors (Lipinski definition) is 0. The van der Waals surface area contributed by atoms with Crippen LogP contribution in [0, 0.1) is 19.8 Å².